The summed E-state index contributed by atoms with van der Waals surface area (Å²) in [4.78, 5) is 12.4. The van der Waals surface area contributed by atoms with E-state index in [2.05, 4.69) is 15.4 Å². The molecule has 0 saturated heterocycles. The molecule has 0 radical (unpaired) electrons. The summed E-state index contributed by atoms with van der Waals surface area (Å²) < 4.78 is 34.9. The molecule has 4 fully saturated rings. The average Bonchev–Trinajstić information content (AvgIpc) is 2.63. The Labute approximate surface area is 181 Å². The molecule has 4 aliphatic carbocycles. The highest BCUT2D eigenvalue weighted by molar-refractivity contribution is 7.88. The Hall–Kier alpha value is -0.900. The summed E-state index contributed by atoms with van der Waals surface area (Å²) in [6, 6.07) is 0.00992. The zero-order chi connectivity index (χ0) is 21.5. The van der Waals surface area contributed by atoms with Gasteiger partial charge in [-0.3, -0.25) is 0 Å². The van der Waals surface area contributed by atoms with Gasteiger partial charge >= 0.3 is 6.03 Å². The second-order valence-electron chi connectivity index (χ2n) is 9.53. The van der Waals surface area contributed by atoms with E-state index in [1.54, 1.807) is 0 Å². The summed E-state index contributed by atoms with van der Waals surface area (Å²) in [5.74, 6) is 2.52. The molecule has 4 saturated carbocycles. The van der Waals surface area contributed by atoms with Crippen molar-refractivity contribution >= 4 is 16.1 Å². The standard InChI is InChI=1S/C21H39N3O5S/c1-30(26,27)23-6-8-29-10-9-28-7-4-2-3-5-22-20(25)24-21-14-17-11-18(15-21)13-19(12-17)16-21/h17-19,23H,2-16H2,1H3,(H2,22,24,25). The minimum absolute atomic E-state index is 0.00992. The van der Waals surface area contributed by atoms with Crippen LogP contribution in [0.3, 0.4) is 0 Å². The summed E-state index contributed by atoms with van der Waals surface area (Å²) in [6.45, 7) is 2.96. The van der Waals surface area contributed by atoms with Crippen LogP contribution in [-0.4, -0.2) is 65.8 Å². The van der Waals surface area contributed by atoms with Crippen molar-refractivity contribution < 1.29 is 22.7 Å². The molecular formula is C21H39N3O5S. The highest BCUT2D eigenvalue weighted by Crippen LogP contribution is 2.55. The minimum Gasteiger partial charge on any atom is -0.379 e. The van der Waals surface area contributed by atoms with Crippen LogP contribution in [0.4, 0.5) is 4.79 Å². The maximum atomic E-state index is 12.4. The molecule has 4 aliphatic rings. The molecule has 0 aromatic rings. The Kier molecular flexibility index (Phi) is 8.80. The number of hydrogen-bond acceptors (Lipinski definition) is 5. The topological polar surface area (TPSA) is 106 Å². The van der Waals surface area contributed by atoms with E-state index in [9.17, 15) is 13.2 Å². The minimum atomic E-state index is -3.15. The summed E-state index contributed by atoms with van der Waals surface area (Å²) in [6.07, 6.45) is 11.7. The van der Waals surface area contributed by atoms with Gasteiger partial charge in [0.2, 0.25) is 10.0 Å². The van der Waals surface area contributed by atoms with E-state index in [1.165, 1.54) is 38.5 Å². The van der Waals surface area contributed by atoms with Gasteiger partial charge in [0.15, 0.2) is 0 Å². The summed E-state index contributed by atoms with van der Waals surface area (Å²) >= 11 is 0. The number of rotatable bonds is 14. The van der Waals surface area contributed by atoms with E-state index in [1.807, 2.05) is 0 Å². The van der Waals surface area contributed by atoms with Gasteiger partial charge in [0.05, 0.1) is 26.1 Å². The molecular weight excluding hydrogens is 406 g/mol. The highest BCUT2D eigenvalue weighted by Gasteiger charge is 2.51. The molecule has 0 aromatic carbocycles. The molecule has 30 heavy (non-hydrogen) atoms. The number of hydrogen-bond donors (Lipinski definition) is 3. The quantitative estimate of drug-likeness (QED) is 0.355. The van der Waals surface area contributed by atoms with Gasteiger partial charge in [-0.2, -0.15) is 0 Å². The van der Waals surface area contributed by atoms with Gasteiger partial charge in [0, 0.05) is 25.2 Å². The zero-order valence-corrected chi connectivity index (χ0v) is 19.1. The van der Waals surface area contributed by atoms with Crippen molar-refractivity contribution in [2.24, 2.45) is 17.8 Å². The van der Waals surface area contributed by atoms with Crippen LogP contribution in [0.2, 0.25) is 0 Å². The third-order valence-electron chi connectivity index (χ3n) is 6.65. The number of sulfonamides is 1. The molecule has 4 bridgehead atoms. The second-order valence-corrected chi connectivity index (χ2v) is 11.4. The van der Waals surface area contributed by atoms with E-state index in [0.29, 0.717) is 33.0 Å². The lowest BCUT2D eigenvalue weighted by Gasteiger charge is -2.56. The Bertz CT molecular complexity index is 620. The largest absolute Gasteiger partial charge is 0.379 e. The molecule has 0 atom stereocenters. The van der Waals surface area contributed by atoms with Crippen molar-refractivity contribution in [1.82, 2.24) is 15.4 Å². The van der Waals surface area contributed by atoms with Gasteiger partial charge in [-0.05, 0) is 75.5 Å². The van der Waals surface area contributed by atoms with Crippen molar-refractivity contribution in [3.05, 3.63) is 0 Å². The maximum Gasteiger partial charge on any atom is 0.315 e. The van der Waals surface area contributed by atoms with Crippen molar-refractivity contribution in [3.8, 4) is 0 Å². The second kappa shape index (κ2) is 11.1. The fourth-order valence-electron chi connectivity index (χ4n) is 5.88. The van der Waals surface area contributed by atoms with Crippen LogP contribution in [0.5, 0.6) is 0 Å². The average molecular weight is 446 g/mol. The van der Waals surface area contributed by atoms with E-state index in [4.69, 9.17) is 9.47 Å². The number of carbonyl (C=O) groups is 1. The molecule has 0 aromatic heterocycles. The normalized spacial score (nSPS) is 29.8. The third-order valence-corrected chi connectivity index (χ3v) is 7.38. The monoisotopic (exact) mass is 445 g/mol. The molecule has 3 N–H and O–H groups in total. The molecule has 4 rings (SSSR count). The van der Waals surface area contributed by atoms with Crippen molar-refractivity contribution in [2.75, 3.05) is 45.8 Å². The van der Waals surface area contributed by atoms with E-state index < -0.39 is 10.0 Å². The van der Waals surface area contributed by atoms with Gasteiger partial charge in [-0.15, -0.1) is 0 Å². The highest BCUT2D eigenvalue weighted by atomic mass is 32.2. The van der Waals surface area contributed by atoms with E-state index >= 15 is 0 Å². The number of amides is 2. The lowest BCUT2D eigenvalue weighted by atomic mass is 9.53. The number of ether oxygens (including phenoxy) is 2. The van der Waals surface area contributed by atoms with Gasteiger partial charge in [0.1, 0.15) is 0 Å². The third kappa shape index (κ3) is 7.98. The smallest absolute Gasteiger partial charge is 0.315 e. The molecule has 0 heterocycles. The van der Waals surface area contributed by atoms with Crippen molar-refractivity contribution in [2.45, 2.75) is 63.3 Å². The van der Waals surface area contributed by atoms with Crippen molar-refractivity contribution in [3.63, 3.8) is 0 Å². The Morgan fingerprint density at radius 3 is 2.07 bits per heavy atom. The molecule has 9 heteroatoms. The van der Waals surface area contributed by atoms with Crippen LogP contribution in [0, 0.1) is 17.8 Å². The SMILES string of the molecule is CS(=O)(=O)NCCOCCOCCCCCNC(=O)NC12CC3CC(CC(C3)C1)C2. The fourth-order valence-corrected chi connectivity index (χ4v) is 6.33. The number of carbonyl (C=O) groups excluding carboxylic acids is 1. The van der Waals surface area contributed by atoms with Crippen molar-refractivity contribution in [1.29, 1.82) is 0 Å². The van der Waals surface area contributed by atoms with Crippen LogP contribution in [0.25, 0.3) is 0 Å². The van der Waals surface area contributed by atoms with Crippen LogP contribution in [0.1, 0.15) is 57.8 Å². The Balaban J connectivity index is 1.12. The first-order chi connectivity index (χ1) is 14.3. The number of unbranched alkanes of at least 4 members (excludes halogenated alkanes) is 2. The maximum absolute atomic E-state index is 12.4. The van der Waals surface area contributed by atoms with E-state index in [0.717, 1.165) is 43.3 Å². The van der Waals surface area contributed by atoms with E-state index in [-0.39, 0.29) is 18.1 Å². The zero-order valence-electron chi connectivity index (χ0n) is 18.3. The Morgan fingerprint density at radius 2 is 1.47 bits per heavy atom. The molecule has 0 aliphatic heterocycles. The number of nitrogens with one attached hydrogen (secondary N) is 3. The molecule has 8 nitrogen and oxygen atoms in total. The van der Waals surface area contributed by atoms with Gasteiger partial charge in [-0.1, -0.05) is 0 Å². The molecule has 0 unspecified atom stereocenters. The predicted molar refractivity (Wildman–Crippen MR) is 116 cm³/mol. The van der Waals surface area contributed by atoms with Gasteiger partial charge in [-0.25, -0.2) is 17.9 Å². The van der Waals surface area contributed by atoms with Gasteiger partial charge in [0.25, 0.3) is 0 Å². The summed E-state index contributed by atoms with van der Waals surface area (Å²) in [5, 5.41) is 6.39. The lowest BCUT2D eigenvalue weighted by Crippen LogP contribution is -2.61. The first-order valence-electron chi connectivity index (χ1n) is 11.5. The summed E-state index contributed by atoms with van der Waals surface area (Å²) in [7, 11) is -3.15. The summed E-state index contributed by atoms with van der Waals surface area (Å²) in [5.41, 5.74) is 0.0790. The molecule has 174 valence electrons. The van der Waals surface area contributed by atoms with Gasteiger partial charge < -0.3 is 20.1 Å². The lowest BCUT2D eigenvalue weighted by molar-refractivity contribution is -0.0135. The first kappa shape index (κ1) is 23.8. The number of urea groups is 1. The van der Waals surface area contributed by atoms with Crippen LogP contribution >= 0.6 is 0 Å². The molecule has 2 amide bonds. The predicted octanol–water partition coefficient (Wildman–Crippen LogP) is 2.01. The Morgan fingerprint density at radius 1 is 0.867 bits per heavy atom. The van der Waals surface area contributed by atoms with Crippen LogP contribution in [-0.2, 0) is 19.5 Å². The fraction of sp³-hybridized carbons (Fsp3) is 0.952. The van der Waals surface area contributed by atoms with Crippen LogP contribution < -0.4 is 15.4 Å². The molecule has 0 spiro atoms. The first-order valence-corrected chi connectivity index (χ1v) is 13.4. The van der Waals surface area contributed by atoms with Crippen LogP contribution in [0.15, 0.2) is 0 Å².